The van der Waals surface area contributed by atoms with Crippen LogP contribution in [0.4, 0.5) is 14.6 Å². The number of anilines is 1. The lowest BCUT2D eigenvalue weighted by atomic mass is 9.93. The van der Waals surface area contributed by atoms with Gasteiger partial charge in [0.05, 0.1) is 5.41 Å². The molecule has 1 aliphatic heterocycles. The minimum atomic E-state index is -0.994. The first-order chi connectivity index (χ1) is 13.7. The molecule has 0 spiro atoms. The highest BCUT2D eigenvalue weighted by molar-refractivity contribution is 6.19. The van der Waals surface area contributed by atoms with Crippen LogP contribution in [0.1, 0.15) is 20.8 Å². The molecule has 1 aromatic heterocycles. The summed E-state index contributed by atoms with van der Waals surface area (Å²) in [5.74, 6) is -0.658. The molecular formula is C20H23ClF2N4O2. The topological polar surface area (TPSA) is 58.6 Å². The Hall–Kier alpha value is -2.48. The van der Waals surface area contributed by atoms with Gasteiger partial charge in [-0.2, -0.15) is 0 Å². The summed E-state index contributed by atoms with van der Waals surface area (Å²) in [6.07, 6.45) is 1.35. The summed E-state index contributed by atoms with van der Waals surface area (Å²) in [7, 11) is 0. The standard InChI is InChI=1S/C20H23ClF2N4O2/c1-13-10-26(6-7-27(13)19(28)20(2,3)11-21)17-9-18(25-12-24-17)29-14-4-5-15(22)16(23)8-14/h4-5,8-9,12-13H,6-7,10-11H2,1-3H3/t13-/m0/s1. The Bertz CT molecular complexity index is 897. The maximum Gasteiger partial charge on any atom is 0.229 e. The van der Waals surface area contributed by atoms with Gasteiger partial charge in [-0.1, -0.05) is 0 Å². The van der Waals surface area contributed by atoms with E-state index in [1.807, 2.05) is 30.6 Å². The molecule has 1 fully saturated rings. The molecule has 3 rings (SSSR count). The van der Waals surface area contributed by atoms with Gasteiger partial charge in [-0.15, -0.1) is 11.6 Å². The molecule has 0 radical (unpaired) electrons. The summed E-state index contributed by atoms with van der Waals surface area (Å²) >= 11 is 5.95. The number of hydrogen-bond donors (Lipinski definition) is 0. The minimum absolute atomic E-state index is 0.0238. The van der Waals surface area contributed by atoms with Crippen LogP contribution in [0.15, 0.2) is 30.6 Å². The highest BCUT2D eigenvalue weighted by Gasteiger charge is 2.36. The molecule has 1 atom stereocenters. The molecule has 9 heteroatoms. The van der Waals surface area contributed by atoms with Gasteiger partial charge in [0.25, 0.3) is 0 Å². The molecule has 6 nitrogen and oxygen atoms in total. The van der Waals surface area contributed by atoms with E-state index in [1.165, 1.54) is 12.4 Å². The van der Waals surface area contributed by atoms with Gasteiger partial charge in [0.15, 0.2) is 11.6 Å². The number of nitrogens with zero attached hydrogens (tertiary/aromatic N) is 4. The van der Waals surface area contributed by atoms with E-state index in [0.29, 0.717) is 25.5 Å². The second-order valence-corrected chi connectivity index (χ2v) is 7.97. The van der Waals surface area contributed by atoms with Gasteiger partial charge in [0, 0.05) is 43.7 Å². The van der Waals surface area contributed by atoms with Crippen molar-refractivity contribution < 1.29 is 18.3 Å². The number of carbonyl (C=O) groups is 1. The lowest BCUT2D eigenvalue weighted by Gasteiger charge is -2.43. The molecule has 1 amide bonds. The van der Waals surface area contributed by atoms with Crippen LogP contribution in [0.5, 0.6) is 11.6 Å². The van der Waals surface area contributed by atoms with Crippen LogP contribution >= 0.6 is 11.6 Å². The van der Waals surface area contributed by atoms with Gasteiger partial charge < -0.3 is 14.5 Å². The molecule has 0 unspecified atom stereocenters. The fourth-order valence-electron chi connectivity index (χ4n) is 3.13. The van der Waals surface area contributed by atoms with E-state index < -0.39 is 17.0 Å². The molecule has 0 bridgehead atoms. The number of rotatable bonds is 5. The lowest BCUT2D eigenvalue weighted by molar-refractivity contribution is -0.141. The van der Waals surface area contributed by atoms with E-state index in [4.69, 9.17) is 16.3 Å². The van der Waals surface area contributed by atoms with Gasteiger partial charge in [-0.05, 0) is 32.9 Å². The second-order valence-electron chi connectivity index (χ2n) is 7.70. The number of ether oxygens (including phenoxy) is 1. The smallest absolute Gasteiger partial charge is 0.229 e. The molecular weight excluding hydrogens is 402 g/mol. The zero-order chi connectivity index (χ0) is 21.2. The average molecular weight is 425 g/mol. The number of amides is 1. The van der Waals surface area contributed by atoms with Gasteiger partial charge in [-0.3, -0.25) is 4.79 Å². The number of halogens is 3. The van der Waals surface area contributed by atoms with Gasteiger partial charge in [0.2, 0.25) is 11.8 Å². The maximum atomic E-state index is 13.4. The molecule has 0 saturated carbocycles. The summed E-state index contributed by atoms with van der Waals surface area (Å²) in [6, 6.07) is 4.89. The Morgan fingerprint density at radius 3 is 2.66 bits per heavy atom. The fraction of sp³-hybridized carbons (Fsp3) is 0.450. The average Bonchev–Trinajstić information content (AvgIpc) is 2.70. The summed E-state index contributed by atoms with van der Waals surface area (Å²) in [6.45, 7) is 7.39. The number of aromatic nitrogens is 2. The quantitative estimate of drug-likeness (QED) is 0.682. The Morgan fingerprint density at radius 1 is 1.24 bits per heavy atom. The first-order valence-corrected chi connectivity index (χ1v) is 9.81. The molecule has 2 heterocycles. The van der Waals surface area contributed by atoms with Crippen LogP contribution in [0.2, 0.25) is 0 Å². The van der Waals surface area contributed by atoms with Crippen molar-refractivity contribution in [2.45, 2.75) is 26.8 Å². The van der Waals surface area contributed by atoms with Crippen molar-refractivity contribution in [3.63, 3.8) is 0 Å². The Labute approximate surface area is 173 Å². The zero-order valence-corrected chi connectivity index (χ0v) is 17.3. The monoisotopic (exact) mass is 424 g/mol. The summed E-state index contributed by atoms with van der Waals surface area (Å²) in [4.78, 5) is 24.9. The molecule has 1 saturated heterocycles. The number of alkyl halides is 1. The van der Waals surface area contributed by atoms with Crippen LogP contribution in [-0.4, -0.2) is 52.3 Å². The summed E-state index contributed by atoms with van der Waals surface area (Å²) < 4.78 is 32.0. The summed E-state index contributed by atoms with van der Waals surface area (Å²) in [5.41, 5.74) is -0.613. The number of benzene rings is 1. The van der Waals surface area contributed by atoms with Crippen LogP contribution in [0.25, 0.3) is 0 Å². The van der Waals surface area contributed by atoms with Gasteiger partial charge in [0.1, 0.15) is 17.9 Å². The molecule has 156 valence electrons. The highest BCUT2D eigenvalue weighted by Crippen LogP contribution is 2.27. The lowest BCUT2D eigenvalue weighted by Crippen LogP contribution is -2.57. The van der Waals surface area contributed by atoms with Crippen LogP contribution in [-0.2, 0) is 4.79 Å². The molecule has 29 heavy (non-hydrogen) atoms. The highest BCUT2D eigenvalue weighted by atomic mass is 35.5. The van der Waals surface area contributed by atoms with Crippen molar-refractivity contribution in [3.8, 4) is 11.6 Å². The van der Waals surface area contributed by atoms with E-state index in [9.17, 15) is 13.6 Å². The van der Waals surface area contributed by atoms with E-state index in [0.717, 1.165) is 12.1 Å². The molecule has 0 N–H and O–H groups in total. The minimum Gasteiger partial charge on any atom is -0.439 e. The number of carbonyl (C=O) groups excluding carboxylic acids is 1. The van der Waals surface area contributed by atoms with Crippen molar-refractivity contribution in [1.82, 2.24) is 14.9 Å². The molecule has 2 aromatic rings. The Kier molecular flexibility index (Phi) is 6.21. The largest absolute Gasteiger partial charge is 0.439 e. The van der Waals surface area contributed by atoms with E-state index >= 15 is 0 Å². The molecule has 0 aliphatic carbocycles. The predicted octanol–water partition coefficient (Wildman–Crippen LogP) is 3.85. The summed E-state index contributed by atoms with van der Waals surface area (Å²) in [5, 5.41) is 0. The van der Waals surface area contributed by atoms with Crippen LogP contribution < -0.4 is 9.64 Å². The normalized spacial score (nSPS) is 17.4. The first-order valence-electron chi connectivity index (χ1n) is 9.28. The number of piperazine rings is 1. The third kappa shape index (κ3) is 4.75. The fourth-order valence-corrected chi connectivity index (χ4v) is 3.25. The molecule has 1 aliphatic rings. The second kappa shape index (κ2) is 8.49. The third-order valence-corrected chi connectivity index (χ3v) is 5.53. The first kappa shape index (κ1) is 21.2. The van der Waals surface area contributed by atoms with Crippen molar-refractivity contribution in [2.24, 2.45) is 5.41 Å². The third-order valence-electron chi connectivity index (χ3n) is 4.87. The molecule has 1 aromatic carbocycles. The van der Waals surface area contributed by atoms with E-state index in [1.54, 1.807) is 6.07 Å². The van der Waals surface area contributed by atoms with Crippen molar-refractivity contribution >= 4 is 23.3 Å². The van der Waals surface area contributed by atoms with Gasteiger partial charge >= 0.3 is 0 Å². The maximum absolute atomic E-state index is 13.4. The Balaban J connectivity index is 1.70. The van der Waals surface area contributed by atoms with Crippen molar-refractivity contribution in [3.05, 3.63) is 42.2 Å². The SMILES string of the molecule is C[C@H]1CN(c2cc(Oc3ccc(F)c(F)c3)ncn2)CCN1C(=O)C(C)(C)CCl. The number of hydrogen-bond acceptors (Lipinski definition) is 5. The zero-order valence-electron chi connectivity index (χ0n) is 16.5. The van der Waals surface area contributed by atoms with E-state index in [2.05, 4.69) is 9.97 Å². The van der Waals surface area contributed by atoms with E-state index in [-0.39, 0.29) is 29.5 Å². The Morgan fingerprint density at radius 2 is 2.00 bits per heavy atom. The van der Waals surface area contributed by atoms with Crippen LogP contribution in [0, 0.1) is 17.0 Å². The predicted molar refractivity (Wildman–Crippen MR) is 106 cm³/mol. The van der Waals surface area contributed by atoms with Crippen molar-refractivity contribution in [2.75, 3.05) is 30.4 Å². The van der Waals surface area contributed by atoms with Gasteiger partial charge in [-0.25, -0.2) is 18.7 Å². The van der Waals surface area contributed by atoms with Crippen molar-refractivity contribution in [1.29, 1.82) is 0 Å². The van der Waals surface area contributed by atoms with Crippen LogP contribution in [0.3, 0.4) is 0 Å².